The van der Waals surface area contributed by atoms with E-state index in [1.807, 2.05) is 42.7 Å². The maximum Gasteiger partial charge on any atom is 0.193 e. The van der Waals surface area contributed by atoms with Gasteiger partial charge in [0.2, 0.25) is 0 Å². The first-order valence-corrected chi connectivity index (χ1v) is 8.29. The summed E-state index contributed by atoms with van der Waals surface area (Å²) in [7, 11) is 0. The Kier molecular flexibility index (Phi) is 3.93. The van der Waals surface area contributed by atoms with Crippen LogP contribution in [-0.2, 0) is 0 Å². The Hall–Kier alpha value is -1.54. The van der Waals surface area contributed by atoms with Crippen LogP contribution in [-0.4, -0.2) is 12.0 Å². The molecule has 0 amide bonds. The lowest BCUT2D eigenvalue weighted by Crippen LogP contribution is -2.10. The average Bonchev–Trinajstić information content (AvgIpc) is 2.45. The molecule has 0 spiro atoms. The fourth-order valence-corrected chi connectivity index (χ4v) is 2.99. The van der Waals surface area contributed by atoms with Crippen molar-refractivity contribution in [3.05, 3.63) is 65.2 Å². The Labute approximate surface area is 124 Å². The Morgan fingerprint density at radius 3 is 2.40 bits per heavy atom. The fourth-order valence-electron chi connectivity index (χ4n) is 2.58. The SMILES string of the molecule is CSc1ccc(C(=O)c2cccc(C3CCC3)c2)cc1. The maximum atomic E-state index is 12.5. The number of hydrogen-bond acceptors (Lipinski definition) is 2. The van der Waals surface area contributed by atoms with Crippen LogP contribution in [0.15, 0.2) is 53.4 Å². The number of thioether (sulfide) groups is 1. The number of ketones is 1. The molecule has 102 valence electrons. The van der Waals surface area contributed by atoms with Crippen LogP contribution >= 0.6 is 11.8 Å². The molecule has 2 aromatic carbocycles. The third kappa shape index (κ3) is 2.66. The summed E-state index contributed by atoms with van der Waals surface area (Å²) in [5.41, 5.74) is 2.91. The summed E-state index contributed by atoms with van der Waals surface area (Å²) in [6.45, 7) is 0. The molecule has 0 aliphatic heterocycles. The molecule has 1 nitrogen and oxygen atoms in total. The third-order valence-electron chi connectivity index (χ3n) is 4.08. The normalized spacial score (nSPS) is 14.8. The Morgan fingerprint density at radius 2 is 1.80 bits per heavy atom. The minimum Gasteiger partial charge on any atom is -0.289 e. The van der Waals surface area contributed by atoms with Gasteiger partial charge in [-0.3, -0.25) is 4.79 Å². The molecular weight excluding hydrogens is 264 g/mol. The zero-order valence-corrected chi connectivity index (χ0v) is 12.5. The van der Waals surface area contributed by atoms with Crippen LogP contribution in [0, 0.1) is 0 Å². The maximum absolute atomic E-state index is 12.5. The molecule has 20 heavy (non-hydrogen) atoms. The van der Waals surface area contributed by atoms with Gasteiger partial charge in [0.05, 0.1) is 0 Å². The van der Waals surface area contributed by atoms with Crippen molar-refractivity contribution in [1.82, 2.24) is 0 Å². The van der Waals surface area contributed by atoms with Gasteiger partial charge in [0.1, 0.15) is 0 Å². The number of carbonyl (C=O) groups excluding carboxylic acids is 1. The largest absolute Gasteiger partial charge is 0.289 e. The summed E-state index contributed by atoms with van der Waals surface area (Å²) >= 11 is 1.69. The summed E-state index contributed by atoms with van der Waals surface area (Å²) in [5, 5.41) is 0. The van der Waals surface area contributed by atoms with Crippen LogP contribution in [0.25, 0.3) is 0 Å². The van der Waals surface area contributed by atoms with Crippen molar-refractivity contribution in [2.75, 3.05) is 6.26 Å². The number of benzene rings is 2. The first-order chi connectivity index (χ1) is 9.78. The lowest BCUT2D eigenvalue weighted by atomic mass is 9.79. The summed E-state index contributed by atoms with van der Waals surface area (Å²) < 4.78 is 0. The van der Waals surface area contributed by atoms with Crippen molar-refractivity contribution in [2.45, 2.75) is 30.1 Å². The second kappa shape index (κ2) is 5.84. The van der Waals surface area contributed by atoms with Crippen LogP contribution < -0.4 is 0 Å². The van der Waals surface area contributed by atoms with Gasteiger partial charge in [-0.05, 0) is 60.9 Å². The highest BCUT2D eigenvalue weighted by Gasteiger charge is 2.20. The predicted molar refractivity (Wildman–Crippen MR) is 84.7 cm³/mol. The topological polar surface area (TPSA) is 17.1 Å². The van der Waals surface area contributed by atoms with E-state index >= 15 is 0 Å². The zero-order chi connectivity index (χ0) is 13.9. The summed E-state index contributed by atoms with van der Waals surface area (Å²) in [6.07, 6.45) is 5.89. The molecule has 0 atom stereocenters. The quantitative estimate of drug-likeness (QED) is 0.585. The second-order valence-electron chi connectivity index (χ2n) is 5.31. The number of rotatable bonds is 4. The van der Waals surface area contributed by atoms with Gasteiger partial charge in [-0.15, -0.1) is 11.8 Å². The third-order valence-corrected chi connectivity index (χ3v) is 4.82. The molecule has 1 aliphatic rings. The molecule has 0 unspecified atom stereocenters. The van der Waals surface area contributed by atoms with Crippen LogP contribution in [0.3, 0.4) is 0 Å². The monoisotopic (exact) mass is 282 g/mol. The molecule has 1 saturated carbocycles. The highest BCUT2D eigenvalue weighted by Crippen LogP contribution is 2.36. The van der Waals surface area contributed by atoms with Gasteiger partial charge in [0, 0.05) is 16.0 Å². The van der Waals surface area contributed by atoms with E-state index in [9.17, 15) is 4.79 Å². The van der Waals surface area contributed by atoms with Crippen molar-refractivity contribution in [3.63, 3.8) is 0 Å². The highest BCUT2D eigenvalue weighted by molar-refractivity contribution is 7.98. The average molecular weight is 282 g/mol. The molecule has 0 saturated heterocycles. The summed E-state index contributed by atoms with van der Waals surface area (Å²) in [6, 6.07) is 16.0. The van der Waals surface area contributed by atoms with Gasteiger partial charge >= 0.3 is 0 Å². The van der Waals surface area contributed by atoms with Gasteiger partial charge < -0.3 is 0 Å². The van der Waals surface area contributed by atoms with E-state index in [1.54, 1.807) is 11.8 Å². The second-order valence-corrected chi connectivity index (χ2v) is 6.19. The van der Waals surface area contributed by atoms with E-state index in [2.05, 4.69) is 12.1 Å². The van der Waals surface area contributed by atoms with Crippen LogP contribution in [0.5, 0.6) is 0 Å². The molecule has 3 rings (SSSR count). The standard InChI is InChI=1S/C18H18OS/c1-20-17-10-8-14(9-11-17)18(19)16-7-3-6-15(12-16)13-4-2-5-13/h3,6-13H,2,4-5H2,1H3. The predicted octanol–water partition coefficient (Wildman–Crippen LogP) is 4.91. The minimum atomic E-state index is 0.124. The Morgan fingerprint density at radius 1 is 1.05 bits per heavy atom. The van der Waals surface area contributed by atoms with Crippen LogP contribution in [0.1, 0.15) is 46.7 Å². The molecule has 0 bridgehead atoms. The van der Waals surface area contributed by atoms with E-state index in [0.29, 0.717) is 5.92 Å². The van der Waals surface area contributed by atoms with E-state index < -0.39 is 0 Å². The molecule has 0 aromatic heterocycles. The van der Waals surface area contributed by atoms with Crippen molar-refractivity contribution in [3.8, 4) is 0 Å². The summed E-state index contributed by atoms with van der Waals surface area (Å²) in [4.78, 5) is 13.7. The first kappa shape index (κ1) is 13.4. The number of hydrogen-bond donors (Lipinski definition) is 0. The number of carbonyl (C=O) groups is 1. The van der Waals surface area contributed by atoms with E-state index in [4.69, 9.17) is 0 Å². The van der Waals surface area contributed by atoms with Crippen molar-refractivity contribution >= 4 is 17.5 Å². The van der Waals surface area contributed by atoms with Gasteiger partial charge in [0.25, 0.3) is 0 Å². The zero-order valence-electron chi connectivity index (χ0n) is 11.6. The van der Waals surface area contributed by atoms with E-state index in [1.165, 1.54) is 29.7 Å². The molecule has 1 fully saturated rings. The smallest absolute Gasteiger partial charge is 0.193 e. The van der Waals surface area contributed by atoms with Gasteiger partial charge in [-0.1, -0.05) is 24.6 Å². The van der Waals surface area contributed by atoms with Crippen LogP contribution in [0.2, 0.25) is 0 Å². The van der Waals surface area contributed by atoms with E-state index in [-0.39, 0.29) is 5.78 Å². The highest BCUT2D eigenvalue weighted by atomic mass is 32.2. The molecule has 2 aromatic rings. The van der Waals surface area contributed by atoms with Gasteiger partial charge in [-0.2, -0.15) is 0 Å². The first-order valence-electron chi connectivity index (χ1n) is 7.06. The fraction of sp³-hybridized carbons (Fsp3) is 0.278. The van der Waals surface area contributed by atoms with Crippen molar-refractivity contribution < 1.29 is 4.79 Å². The molecule has 1 aliphatic carbocycles. The molecule has 2 heteroatoms. The molecule has 0 radical (unpaired) electrons. The Bertz CT molecular complexity index is 612. The Balaban J connectivity index is 1.85. The van der Waals surface area contributed by atoms with Gasteiger partial charge in [-0.25, -0.2) is 0 Å². The summed E-state index contributed by atoms with van der Waals surface area (Å²) in [5.74, 6) is 0.792. The lowest BCUT2D eigenvalue weighted by Gasteiger charge is -2.26. The lowest BCUT2D eigenvalue weighted by molar-refractivity contribution is 0.103. The molecule has 0 heterocycles. The minimum absolute atomic E-state index is 0.124. The van der Waals surface area contributed by atoms with Gasteiger partial charge in [0.15, 0.2) is 5.78 Å². The van der Waals surface area contributed by atoms with E-state index in [0.717, 1.165) is 11.1 Å². The van der Waals surface area contributed by atoms with Crippen molar-refractivity contribution in [1.29, 1.82) is 0 Å². The molecule has 0 N–H and O–H groups in total. The van der Waals surface area contributed by atoms with Crippen LogP contribution in [0.4, 0.5) is 0 Å². The molecular formula is C18H18OS. The van der Waals surface area contributed by atoms with Crippen molar-refractivity contribution in [2.24, 2.45) is 0 Å².